The number of alkyl carbamates (subject to hydrolysis) is 1. The lowest BCUT2D eigenvalue weighted by atomic mass is 9.96. The Labute approximate surface area is 309 Å². The Morgan fingerprint density at radius 3 is 2.29 bits per heavy atom. The first-order valence-electron chi connectivity index (χ1n) is 17.7. The molecule has 0 aliphatic carbocycles. The van der Waals surface area contributed by atoms with E-state index in [4.69, 9.17) is 4.74 Å². The monoisotopic (exact) mass is 730 g/mol. The number of hydrogen-bond donors (Lipinski definition) is 5. The van der Waals surface area contributed by atoms with Gasteiger partial charge in [0.15, 0.2) is 0 Å². The second-order valence-corrected chi connectivity index (χ2v) is 14.2. The number of carbonyl (C=O) groups excluding carboxylic acids is 4. The lowest BCUT2D eigenvalue weighted by molar-refractivity contribution is -0.131. The lowest BCUT2D eigenvalue weighted by Gasteiger charge is -2.29. The Morgan fingerprint density at radius 1 is 0.865 bits per heavy atom. The van der Waals surface area contributed by atoms with Gasteiger partial charge in [-0.3, -0.25) is 19.4 Å². The number of thiazole rings is 1. The zero-order chi connectivity index (χ0) is 37.5. The second kappa shape index (κ2) is 20.2. The number of benzene rings is 2. The molecule has 0 aliphatic heterocycles. The number of fused-ring (bicyclic) bond motifs is 1. The Bertz CT molecular complexity index is 1730. The molecule has 0 spiro atoms. The molecule has 2 aromatic heterocycles. The predicted molar refractivity (Wildman–Crippen MR) is 201 cm³/mol. The average molecular weight is 731 g/mol. The van der Waals surface area contributed by atoms with Crippen LogP contribution in [0, 0.1) is 11.8 Å². The van der Waals surface area contributed by atoms with Crippen LogP contribution < -0.4 is 21.3 Å². The molecule has 0 aliphatic rings. The van der Waals surface area contributed by atoms with Gasteiger partial charge in [-0.2, -0.15) is 0 Å². The van der Waals surface area contributed by atoms with Gasteiger partial charge in [0.1, 0.15) is 18.7 Å². The number of aromatic nitrogens is 2. The lowest BCUT2D eigenvalue weighted by Crippen LogP contribution is -2.57. The molecule has 13 heteroatoms. The van der Waals surface area contributed by atoms with Crippen LogP contribution in [-0.4, -0.2) is 69.7 Å². The van der Waals surface area contributed by atoms with Crippen LogP contribution in [0.25, 0.3) is 10.9 Å². The molecule has 4 rings (SSSR count). The average Bonchev–Trinajstić information content (AvgIpc) is 3.65. The molecule has 4 amide bonds. The number of aliphatic hydroxyl groups excluding tert-OH is 1. The highest BCUT2D eigenvalue weighted by Crippen LogP contribution is 2.19. The van der Waals surface area contributed by atoms with Crippen molar-refractivity contribution in [2.24, 2.45) is 11.8 Å². The molecule has 278 valence electrons. The molecule has 0 fully saturated rings. The number of nitrogens with one attached hydrogen (secondary N) is 4. The van der Waals surface area contributed by atoms with Crippen LogP contribution >= 0.6 is 11.3 Å². The number of pyridine rings is 1. The van der Waals surface area contributed by atoms with E-state index in [0.717, 1.165) is 28.5 Å². The van der Waals surface area contributed by atoms with E-state index in [-0.39, 0.29) is 37.7 Å². The summed E-state index contributed by atoms with van der Waals surface area (Å²) in [6.07, 6.45) is 0.950. The molecule has 2 unspecified atom stereocenters. The quantitative estimate of drug-likeness (QED) is 0.0924. The third-order valence-electron chi connectivity index (χ3n) is 8.77. The second-order valence-electron chi connectivity index (χ2n) is 13.5. The molecule has 2 heterocycles. The van der Waals surface area contributed by atoms with E-state index in [2.05, 4.69) is 31.2 Å². The van der Waals surface area contributed by atoms with E-state index in [1.165, 1.54) is 11.3 Å². The molecule has 0 radical (unpaired) electrons. The summed E-state index contributed by atoms with van der Waals surface area (Å²) in [5.74, 6) is -1.09. The topological polar surface area (TPSA) is 172 Å². The van der Waals surface area contributed by atoms with E-state index in [1.807, 2.05) is 82.3 Å². The molecular formula is C39H50N6O6S. The van der Waals surface area contributed by atoms with Crippen molar-refractivity contribution in [3.63, 3.8) is 0 Å². The fourth-order valence-electron chi connectivity index (χ4n) is 5.64. The summed E-state index contributed by atoms with van der Waals surface area (Å²) in [5.41, 5.74) is 4.50. The zero-order valence-electron chi connectivity index (χ0n) is 30.2. The fraction of sp³-hybridized carbons (Fsp3) is 0.436. The van der Waals surface area contributed by atoms with E-state index in [9.17, 15) is 24.3 Å². The van der Waals surface area contributed by atoms with Gasteiger partial charge in [-0.05, 0) is 41.5 Å². The molecule has 52 heavy (non-hydrogen) atoms. The van der Waals surface area contributed by atoms with Crippen molar-refractivity contribution in [2.45, 2.75) is 90.6 Å². The van der Waals surface area contributed by atoms with Crippen molar-refractivity contribution in [3.05, 3.63) is 94.6 Å². The predicted octanol–water partition coefficient (Wildman–Crippen LogP) is 4.70. The van der Waals surface area contributed by atoms with Crippen molar-refractivity contribution < 1.29 is 29.0 Å². The molecule has 0 saturated carbocycles. The first-order chi connectivity index (χ1) is 25.0. The minimum absolute atomic E-state index is 0.00325. The number of carbonyl (C=O) groups is 4. The van der Waals surface area contributed by atoms with Crippen molar-refractivity contribution in [1.29, 1.82) is 0 Å². The minimum Gasteiger partial charge on any atom is -0.445 e. The van der Waals surface area contributed by atoms with Gasteiger partial charge in [-0.1, -0.05) is 82.6 Å². The standard InChI is InChI=1S/C39H50N6O6S/c1-5-26(4)21-41-36(47)20-35(46)32(17-25(2)3)43-38(49)34(19-29-23-52-24-42-29)44-37(48)33(45-39(50)51-22-27-11-7-6-8-12-27)18-28-15-16-40-31-14-10-9-13-30(28)31/h6-16,23-26,32-35,46H,5,17-22H2,1-4H3,(H,41,47)(H,43,49)(H,44,48)(H,45,50)/t26?,32-,33-,34?,35-/m0/s1. The molecule has 4 aromatic rings. The number of aliphatic hydroxyl groups is 1. The maximum absolute atomic E-state index is 14.1. The zero-order valence-corrected chi connectivity index (χ0v) is 31.0. The molecule has 12 nitrogen and oxygen atoms in total. The van der Waals surface area contributed by atoms with Crippen LogP contribution in [0.15, 0.2) is 77.8 Å². The summed E-state index contributed by atoms with van der Waals surface area (Å²) < 4.78 is 5.47. The van der Waals surface area contributed by atoms with Crippen molar-refractivity contribution in [1.82, 2.24) is 31.2 Å². The number of amides is 4. The van der Waals surface area contributed by atoms with Crippen LogP contribution in [0.5, 0.6) is 0 Å². The number of ether oxygens (including phenoxy) is 1. The summed E-state index contributed by atoms with van der Waals surface area (Å²) in [6.45, 7) is 8.48. The first-order valence-corrected chi connectivity index (χ1v) is 18.7. The van der Waals surface area contributed by atoms with Gasteiger partial charge < -0.3 is 31.1 Å². The van der Waals surface area contributed by atoms with Gasteiger partial charge in [-0.15, -0.1) is 11.3 Å². The highest BCUT2D eigenvalue weighted by molar-refractivity contribution is 7.07. The van der Waals surface area contributed by atoms with Crippen molar-refractivity contribution in [3.8, 4) is 0 Å². The van der Waals surface area contributed by atoms with E-state index >= 15 is 0 Å². The van der Waals surface area contributed by atoms with E-state index in [1.54, 1.807) is 23.2 Å². The summed E-state index contributed by atoms with van der Waals surface area (Å²) in [5, 5.41) is 25.1. The summed E-state index contributed by atoms with van der Waals surface area (Å²) in [7, 11) is 0. The van der Waals surface area contributed by atoms with Gasteiger partial charge in [0.05, 0.1) is 35.3 Å². The molecule has 5 N–H and O–H groups in total. The van der Waals surface area contributed by atoms with E-state index in [0.29, 0.717) is 24.6 Å². The van der Waals surface area contributed by atoms with Crippen LogP contribution in [0.1, 0.15) is 63.8 Å². The first kappa shape index (κ1) is 39.9. The van der Waals surface area contributed by atoms with Crippen LogP contribution in [0.3, 0.4) is 0 Å². The minimum atomic E-state index is -1.16. The largest absolute Gasteiger partial charge is 0.445 e. The molecule has 2 aromatic carbocycles. The molecule has 0 bridgehead atoms. The van der Waals surface area contributed by atoms with Crippen LogP contribution in [-0.2, 0) is 38.6 Å². The van der Waals surface area contributed by atoms with Crippen LogP contribution in [0.2, 0.25) is 0 Å². The van der Waals surface area contributed by atoms with Gasteiger partial charge >= 0.3 is 6.09 Å². The number of hydrogen-bond acceptors (Lipinski definition) is 9. The number of para-hydroxylation sites is 1. The van der Waals surface area contributed by atoms with E-state index < -0.39 is 42.1 Å². The maximum atomic E-state index is 14.1. The van der Waals surface area contributed by atoms with Crippen molar-refractivity contribution >= 4 is 46.1 Å². The summed E-state index contributed by atoms with van der Waals surface area (Å²) >= 11 is 1.36. The Hall–Kier alpha value is -4.88. The van der Waals surface area contributed by atoms with Crippen molar-refractivity contribution in [2.75, 3.05) is 6.54 Å². The number of nitrogens with zero attached hydrogens (tertiary/aromatic N) is 2. The molecular weight excluding hydrogens is 681 g/mol. The molecule has 0 saturated heterocycles. The third kappa shape index (κ3) is 12.7. The van der Waals surface area contributed by atoms with Gasteiger partial charge in [-0.25, -0.2) is 9.78 Å². The Morgan fingerprint density at radius 2 is 1.58 bits per heavy atom. The SMILES string of the molecule is CCC(C)CNC(=O)C[C@H](O)[C@H](CC(C)C)NC(=O)C(Cc1cscn1)NC(=O)[C@H](Cc1ccnc2ccccc12)NC(=O)OCc1ccccc1. The Balaban J connectivity index is 1.54. The summed E-state index contributed by atoms with van der Waals surface area (Å²) in [6, 6.07) is 15.4. The van der Waals surface area contributed by atoms with Gasteiger partial charge in [0, 0.05) is 36.3 Å². The number of rotatable bonds is 19. The fourth-order valence-corrected chi connectivity index (χ4v) is 6.21. The Kier molecular flexibility index (Phi) is 15.5. The highest BCUT2D eigenvalue weighted by atomic mass is 32.1. The van der Waals surface area contributed by atoms with Gasteiger partial charge in [0.25, 0.3) is 0 Å². The normalized spacial score (nSPS) is 14.1. The highest BCUT2D eigenvalue weighted by Gasteiger charge is 2.32. The van der Waals surface area contributed by atoms with Crippen LogP contribution in [0.4, 0.5) is 4.79 Å². The smallest absolute Gasteiger partial charge is 0.408 e. The maximum Gasteiger partial charge on any atom is 0.408 e. The molecule has 5 atom stereocenters. The van der Waals surface area contributed by atoms with Gasteiger partial charge in [0.2, 0.25) is 17.7 Å². The summed E-state index contributed by atoms with van der Waals surface area (Å²) in [4.78, 5) is 62.6. The third-order valence-corrected chi connectivity index (χ3v) is 9.41.